The second kappa shape index (κ2) is 7.23. The van der Waals surface area contributed by atoms with Gasteiger partial charge in [0.25, 0.3) is 5.91 Å². The van der Waals surface area contributed by atoms with Crippen molar-refractivity contribution in [1.29, 1.82) is 0 Å². The van der Waals surface area contributed by atoms with Crippen LogP contribution in [0.5, 0.6) is 5.75 Å². The van der Waals surface area contributed by atoms with Crippen LogP contribution in [-0.4, -0.2) is 30.8 Å². The summed E-state index contributed by atoms with van der Waals surface area (Å²) in [5, 5.41) is 18.4. The lowest BCUT2D eigenvalue weighted by molar-refractivity contribution is -0.390. The predicted molar refractivity (Wildman–Crippen MR) is 87.6 cm³/mol. The van der Waals surface area contributed by atoms with Gasteiger partial charge >= 0.3 is 5.82 Å². The zero-order chi connectivity index (χ0) is 18.6. The molecule has 2 aromatic rings. The van der Waals surface area contributed by atoms with Crippen LogP contribution in [0.4, 0.5) is 11.5 Å². The molecule has 1 amide bonds. The average molecular weight is 366 g/mol. The van der Waals surface area contributed by atoms with E-state index in [0.29, 0.717) is 5.69 Å². The third-order valence-corrected chi connectivity index (χ3v) is 3.87. The van der Waals surface area contributed by atoms with Crippen LogP contribution in [0.1, 0.15) is 5.69 Å². The van der Waals surface area contributed by atoms with Crippen molar-refractivity contribution < 1.29 is 22.9 Å². The lowest BCUT2D eigenvalue weighted by Gasteiger charge is -2.08. The number of anilines is 1. The number of nitrogens with zero attached hydrogens (tertiary/aromatic N) is 2. The highest BCUT2D eigenvalue weighted by atomic mass is 32.2. The van der Waals surface area contributed by atoms with Crippen molar-refractivity contribution in [3.8, 4) is 5.75 Å². The third-order valence-electron chi connectivity index (χ3n) is 2.96. The first kappa shape index (κ1) is 18.3. The van der Waals surface area contributed by atoms with E-state index in [1.165, 1.54) is 36.4 Å². The molecule has 0 aliphatic heterocycles. The minimum atomic E-state index is -3.90. The van der Waals surface area contributed by atoms with Gasteiger partial charge in [-0.25, -0.2) is 13.6 Å². The number of hydrogen-bond acceptors (Lipinski definition) is 7. The van der Waals surface area contributed by atoms with Crippen LogP contribution in [0.15, 0.2) is 41.3 Å². The Hall–Kier alpha value is -3.05. The summed E-state index contributed by atoms with van der Waals surface area (Å²) in [6.07, 6.45) is 0. The molecule has 0 radical (unpaired) electrons. The number of carbonyl (C=O) groups is 1. The fraction of sp³-hybridized carbons (Fsp3) is 0.143. The van der Waals surface area contributed by atoms with Crippen molar-refractivity contribution >= 4 is 27.4 Å². The van der Waals surface area contributed by atoms with Gasteiger partial charge < -0.3 is 20.2 Å². The number of ether oxygens (including phenoxy) is 1. The summed E-state index contributed by atoms with van der Waals surface area (Å²) >= 11 is 0. The van der Waals surface area contributed by atoms with Gasteiger partial charge in [0, 0.05) is 12.6 Å². The molecule has 0 spiro atoms. The molecule has 0 unspecified atom stereocenters. The number of pyridine rings is 1. The second-order valence-corrected chi connectivity index (χ2v) is 6.50. The average Bonchev–Trinajstić information content (AvgIpc) is 2.53. The van der Waals surface area contributed by atoms with Gasteiger partial charge in [-0.1, -0.05) is 6.07 Å². The summed E-state index contributed by atoms with van der Waals surface area (Å²) in [7, 11) is -3.90. The molecular formula is C14H14N4O6S. The normalized spacial score (nSPS) is 11.0. The van der Waals surface area contributed by atoms with E-state index in [2.05, 4.69) is 10.3 Å². The number of nitrogens with two attached hydrogens (primary N) is 1. The van der Waals surface area contributed by atoms with E-state index in [0.717, 1.165) is 0 Å². The molecular weight excluding hydrogens is 352 g/mol. The summed E-state index contributed by atoms with van der Waals surface area (Å²) in [4.78, 5) is 25.7. The second-order valence-electron chi connectivity index (χ2n) is 4.94. The first-order valence-corrected chi connectivity index (χ1v) is 8.39. The number of amides is 1. The molecule has 0 atom stereocenters. The van der Waals surface area contributed by atoms with Crippen molar-refractivity contribution in [3.63, 3.8) is 0 Å². The standard InChI is InChI=1S/C14H14N4O6S/c1-9-5-6-12(14(16-9)18(20)21)24-8-13(19)17-10-3-2-4-11(7-10)25(15,22)23/h2-7H,8H2,1H3,(H,17,19)(H2,15,22,23). The molecule has 0 saturated heterocycles. The number of benzene rings is 1. The van der Waals surface area contributed by atoms with Gasteiger partial charge in [-0.3, -0.25) is 4.79 Å². The van der Waals surface area contributed by atoms with Gasteiger partial charge in [-0.05, 0) is 40.2 Å². The Bertz CT molecular complexity index is 929. The van der Waals surface area contributed by atoms with Crippen molar-refractivity contribution in [2.75, 3.05) is 11.9 Å². The largest absolute Gasteiger partial charge is 0.476 e. The molecule has 0 aliphatic carbocycles. The van der Waals surface area contributed by atoms with Crippen molar-refractivity contribution in [1.82, 2.24) is 4.98 Å². The Labute approximate surface area is 142 Å². The Balaban J connectivity index is 2.06. The Morgan fingerprint density at radius 1 is 1.36 bits per heavy atom. The van der Waals surface area contributed by atoms with E-state index in [9.17, 15) is 23.3 Å². The fourth-order valence-electron chi connectivity index (χ4n) is 1.86. The minimum Gasteiger partial charge on any atom is -0.476 e. The van der Waals surface area contributed by atoms with E-state index in [1.807, 2.05) is 0 Å². The molecule has 11 heteroatoms. The maximum absolute atomic E-state index is 11.9. The summed E-state index contributed by atoms with van der Waals surface area (Å²) in [5.74, 6) is -1.28. The SMILES string of the molecule is Cc1ccc(OCC(=O)Nc2cccc(S(N)(=O)=O)c2)c([N+](=O)[O-])n1. The summed E-state index contributed by atoms with van der Waals surface area (Å²) in [6, 6.07) is 8.19. The quantitative estimate of drug-likeness (QED) is 0.570. The molecule has 25 heavy (non-hydrogen) atoms. The molecule has 1 aromatic carbocycles. The first-order chi connectivity index (χ1) is 11.7. The van der Waals surface area contributed by atoms with Crippen LogP contribution < -0.4 is 15.2 Å². The summed E-state index contributed by atoms with van der Waals surface area (Å²) in [6.45, 7) is 1.06. The summed E-state index contributed by atoms with van der Waals surface area (Å²) in [5.41, 5.74) is 0.625. The van der Waals surface area contributed by atoms with Gasteiger partial charge in [0.2, 0.25) is 15.8 Å². The Morgan fingerprint density at radius 3 is 2.72 bits per heavy atom. The first-order valence-electron chi connectivity index (χ1n) is 6.84. The number of carbonyl (C=O) groups excluding carboxylic acids is 1. The highest BCUT2D eigenvalue weighted by Crippen LogP contribution is 2.24. The Morgan fingerprint density at radius 2 is 2.08 bits per heavy atom. The van der Waals surface area contributed by atoms with Crippen molar-refractivity contribution in [3.05, 3.63) is 52.2 Å². The van der Waals surface area contributed by atoms with Crippen molar-refractivity contribution in [2.24, 2.45) is 5.14 Å². The topological polar surface area (TPSA) is 155 Å². The molecule has 1 aromatic heterocycles. The lowest BCUT2D eigenvalue weighted by atomic mass is 10.3. The maximum atomic E-state index is 11.9. The number of aromatic nitrogens is 1. The number of rotatable bonds is 6. The highest BCUT2D eigenvalue weighted by Gasteiger charge is 2.18. The predicted octanol–water partition coefficient (Wildman–Crippen LogP) is 0.963. The molecule has 0 bridgehead atoms. The number of sulfonamides is 1. The number of hydrogen-bond donors (Lipinski definition) is 2. The smallest absolute Gasteiger partial charge is 0.406 e. The van der Waals surface area contributed by atoms with Crippen LogP contribution in [0.25, 0.3) is 0 Å². The number of nitrogens with one attached hydrogen (secondary N) is 1. The molecule has 2 rings (SSSR count). The highest BCUT2D eigenvalue weighted by molar-refractivity contribution is 7.89. The number of aryl methyl sites for hydroxylation is 1. The van der Waals surface area contributed by atoms with Crippen LogP contribution in [0.2, 0.25) is 0 Å². The number of nitro groups is 1. The molecule has 132 valence electrons. The molecule has 0 fully saturated rings. The van der Waals surface area contributed by atoms with Gasteiger partial charge in [0.1, 0.15) is 5.69 Å². The lowest BCUT2D eigenvalue weighted by Crippen LogP contribution is -2.21. The summed E-state index contributed by atoms with van der Waals surface area (Å²) < 4.78 is 27.7. The Kier molecular flexibility index (Phi) is 5.29. The monoisotopic (exact) mass is 366 g/mol. The molecule has 0 saturated carbocycles. The van der Waals surface area contributed by atoms with E-state index in [1.54, 1.807) is 6.92 Å². The van der Waals surface area contributed by atoms with Crippen LogP contribution in [0.3, 0.4) is 0 Å². The van der Waals surface area contributed by atoms with Crippen LogP contribution in [0, 0.1) is 17.0 Å². The molecule has 1 heterocycles. The van der Waals surface area contributed by atoms with Gasteiger partial charge in [0.05, 0.1) is 4.90 Å². The molecule has 0 aliphatic rings. The van der Waals surface area contributed by atoms with Gasteiger partial charge in [-0.15, -0.1) is 0 Å². The van der Waals surface area contributed by atoms with E-state index >= 15 is 0 Å². The van der Waals surface area contributed by atoms with Crippen molar-refractivity contribution in [2.45, 2.75) is 11.8 Å². The van der Waals surface area contributed by atoms with Gasteiger partial charge in [-0.2, -0.15) is 0 Å². The van der Waals surface area contributed by atoms with Gasteiger partial charge in [0.15, 0.2) is 6.61 Å². The third kappa shape index (κ3) is 4.96. The molecule has 10 nitrogen and oxygen atoms in total. The molecule has 3 N–H and O–H groups in total. The zero-order valence-electron chi connectivity index (χ0n) is 13.0. The van der Waals surface area contributed by atoms with E-state index in [4.69, 9.17) is 9.88 Å². The minimum absolute atomic E-state index is 0.149. The van der Waals surface area contributed by atoms with E-state index < -0.39 is 33.3 Å². The zero-order valence-corrected chi connectivity index (χ0v) is 13.8. The van der Waals surface area contributed by atoms with Crippen LogP contribution in [-0.2, 0) is 14.8 Å². The van der Waals surface area contributed by atoms with Crippen LogP contribution >= 0.6 is 0 Å². The fourth-order valence-corrected chi connectivity index (χ4v) is 2.42. The number of primary sulfonamides is 1. The van der Waals surface area contributed by atoms with E-state index in [-0.39, 0.29) is 16.3 Å². The maximum Gasteiger partial charge on any atom is 0.406 e.